The first-order chi connectivity index (χ1) is 10.0. The van der Waals surface area contributed by atoms with Gasteiger partial charge < -0.3 is 15.2 Å². The van der Waals surface area contributed by atoms with Gasteiger partial charge in [0.25, 0.3) is 0 Å². The number of benzene rings is 1. The second kappa shape index (κ2) is 6.91. The smallest absolute Gasteiger partial charge is 0.408 e. The van der Waals surface area contributed by atoms with Crippen LogP contribution in [0.15, 0.2) is 12.1 Å². The highest BCUT2D eigenvalue weighted by molar-refractivity contribution is 6.30. The molecule has 122 valence electrons. The molecule has 0 spiro atoms. The van der Waals surface area contributed by atoms with E-state index < -0.39 is 46.8 Å². The van der Waals surface area contributed by atoms with E-state index in [9.17, 15) is 18.4 Å². The minimum absolute atomic E-state index is 0.130. The van der Waals surface area contributed by atoms with Crippen LogP contribution in [-0.2, 0) is 16.0 Å². The van der Waals surface area contributed by atoms with E-state index in [0.717, 1.165) is 12.1 Å². The first kappa shape index (κ1) is 18.2. The summed E-state index contributed by atoms with van der Waals surface area (Å²) in [5.41, 5.74) is -0.938. The fourth-order valence-electron chi connectivity index (χ4n) is 1.59. The van der Waals surface area contributed by atoms with Gasteiger partial charge in [0.1, 0.15) is 28.3 Å². The Morgan fingerprint density at radius 1 is 1.36 bits per heavy atom. The van der Waals surface area contributed by atoms with Crippen LogP contribution in [-0.4, -0.2) is 28.8 Å². The molecule has 0 aliphatic carbocycles. The van der Waals surface area contributed by atoms with Crippen LogP contribution in [0.5, 0.6) is 0 Å². The van der Waals surface area contributed by atoms with Crippen LogP contribution in [0.1, 0.15) is 26.3 Å². The molecule has 0 saturated heterocycles. The molecule has 1 aromatic rings. The SMILES string of the molecule is CC(C)(C)OC(=O)N[C@@H](Cc1ccc(F)c(Cl)c1F)C(=O)O. The number of carboxylic acid groups (broad SMARTS) is 1. The third-order valence-electron chi connectivity index (χ3n) is 2.53. The molecular weight excluding hydrogens is 320 g/mol. The van der Waals surface area contributed by atoms with Crippen molar-refractivity contribution >= 4 is 23.7 Å². The molecule has 8 heteroatoms. The molecule has 0 aliphatic rings. The number of rotatable bonds is 4. The molecule has 0 bridgehead atoms. The van der Waals surface area contributed by atoms with Crippen LogP contribution in [0.3, 0.4) is 0 Å². The number of carbonyl (C=O) groups excluding carboxylic acids is 1. The number of ether oxygens (including phenoxy) is 1. The van der Waals surface area contributed by atoms with Crippen LogP contribution in [0, 0.1) is 11.6 Å². The zero-order chi connectivity index (χ0) is 17.1. The topological polar surface area (TPSA) is 75.6 Å². The van der Waals surface area contributed by atoms with Crippen LogP contribution < -0.4 is 5.32 Å². The highest BCUT2D eigenvalue weighted by Gasteiger charge is 2.26. The molecule has 1 amide bonds. The molecule has 2 N–H and O–H groups in total. The largest absolute Gasteiger partial charge is 0.480 e. The average molecular weight is 336 g/mol. The van der Waals surface area contributed by atoms with Gasteiger partial charge in [-0.3, -0.25) is 0 Å². The Balaban J connectivity index is 2.88. The molecule has 0 saturated carbocycles. The second-order valence-corrected chi connectivity index (χ2v) is 5.95. The van der Waals surface area contributed by atoms with E-state index in [2.05, 4.69) is 5.32 Å². The number of carboxylic acids is 1. The van der Waals surface area contributed by atoms with Gasteiger partial charge in [-0.25, -0.2) is 18.4 Å². The van der Waals surface area contributed by atoms with Crippen molar-refractivity contribution in [1.29, 1.82) is 0 Å². The summed E-state index contributed by atoms with van der Waals surface area (Å²) in [4.78, 5) is 22.8. The summed E-state index contributed by atoms with van der Waals surface area (Å²) in [6.45, 7) is 4.84. The lowest BCUT2D eigenvalue weighted by Gasteiger charge is -2.22. The van der Waals surface area contributed by atoms with E-state index in [0.29, 0.717) is 0 Å². The van der Waals surface area contributed by atoms with Crippen LogP contribution >= 0.6 is 11.6 Å². The molecule has 0 fully saturated rings. The van der Waals surface area contributed by atoms with E-state index >= 15 is 0 Å². The Bertz CT molecular complexity index is 587. The molecule has 0 unspecified atom stereocenters. The van der Waals surface area contributed by atoms with Crippen molar-refractivity contribution in [2.45, 2.75) is 38.8 Å². The summed E-state index contributed by atoms with van der Waals surface area (Å²) < 4.78 is 31.8. The van der Waals surface area contributed by atoms with Crippen LogP contribution in [0.4, 0.5) is 13.6 Å². The van der Waals surface area contributed by atoms with E-state index in [-0.39, 0.29) is 5.56 Å². The number of nitrogens with one attached hydrogen (secondary N) is 1. The molecule has 0 aromatic heterocycles. The Morgan fingerprint density at radius 2 is 1.95 bits per heavy atom. The number of hydrogen-bond acceptors (Lipinski definition) is 3. The zero-order valence-corrected chi connectivity index (χ0v) is 13.0. The molecule has 0 aliphatic heterocycles. The monoisotopic (exact) mass is 335 g/mol. The predicted molar refractivity (Wildman–Crippen MR) is 75.9 cm³/mol. The van der Waals surface area contributed by atoms with Crippen molar-refractivity contribution in [3.8, 4) is 0 Å². The average Bonchev–Trinajstić information content (AvgIpc) is 2.36. The number of alkyl carbamates (subject to hydrolysis) is 1. The van der Waals surface area contributed by atoms with Gasteiger partial charge in [-0.1, -0.05) is 17.7 Å². The summed E-state index contributed by atoms with van der Waals surface area (Å²) in [6.07, 6.45) is -1.35. The quantitative estimate of drug-likeness (QED) is 0.829. The Hall–Kier alpha value is -1.89. The maximum absolute atomic E-state index is 13.8. The fraction of sp³-hybridized carbons (Fsp3) is 0.429. The molecule has 1 rings (SSSR count). The molecule has 1 atom stereocenters. The Morgan fingerprint density at radius 3 is 2.45 bits per heavy atom. The van der Waals surface area contributed by atoms with E-state index in [1.807, 2.05) is 0 Å². The molecule has 0 radical (unpaired) electrons. The number of amides is 1. The lowest BCUT2D eigenvalue weighted by Crippen LogP contribution is -2.44. The Kier molecular flexibility index (Phi) is 5.71. The van der Waals surface area contributed by atoms with Crippen LogP contribution in [0.2, 0.25) is 5.02 Å². The van der Waals surface area contributed by atoms with Crippen molar-refractivity contribution < 1.29 is 28.2 Å². The van der Waals surface area contributed by atoms with Gasteiger partial charge in [-0.05, 0) is 32.4 Å². The lowest BCUT2D eigenvalue weighted by molar-refractivity contribution is -0.139. The van der Waals surface area contributed by atoms with Crippen molar-refractivity contribution in [3.63, 3.8) is 0 Å². The Labute approximate surface area is 131 Å². The number of carbonyl (C=O) groups is 2. The maximum Gasteiger partial charge on any atom is 0.408 e. The van der Waals surface area contributed by atoms with Gasteiger partial charge in [0.2, 0.25) is 0 Å². The summed E-state index contributed by atoms with van der Waals surface area (Å²) in [5.74, 6) is -3.39. The third-order valence-corrected chi connectivity index (χ3v) is 2.87. The number of halogens is 3. The second-order valence-electron chi connectivity index (χ2n) is 5.58. The highest BCUT2D eigenvalue weighted by Crippen LogP contribution is 2.23. The number of aliphatic carboxylic acids is 1. The first-order valence-electron chi connectivity index (χ1n) is 6.36. The van der Waals surface area contributed by atoms with Gasteiger partial charge >= 0.3 is 12.1 Å². The number of hydrogen-bond donors (Lipinski definition) is 2. The lowest BCUT2D eigenvalue weighted by atomic mass is 10.1. The minimum Gasteiger partial charge on any atom is -0.480 e. The maximum atomic E-state index is 13.8. The minimum atomic E-state index is -1.44. The van der Waals surface area contributed by atoms with Gasteiger partial charge in [-0.2, -0.15) is 0 Å². The van der Waals surface area contributed by atoms with Crippen molar-refractivity contribution in [1.82, 2.24) is 5.32 Å². The van der Waals surface area contributed by atoms with Crippen molar-refractivity contribution in [2.75, 3.05) is 0 Å². The van der Waals surface area contributed by atoms with Crippen molar-refractivity contribution in [3.05, 3.63) is 34.4 Å². The van der Waals surface area contributed by atoms with Crippen LogP contribution in [0.25, 0.3) is 0 Å². The summed E-state index contributed by atoms with van der Waals surface area (Å²) in [5, 5.41) is 10.5. The van der Waals surface area contributed by atoms with E-state index in [1.54, 1.807) is 20.8 Å². The van der Waals surface area contributed by atoms with Crippen molar-refractivity contribution in [2.24, 2.45) is 0 Å². The molecule has 0 heterocycles. The van der Waals surface area contributed by atoms with E-state index in [4.69, 9.17) is 21.4 Å². The predicted octanol–water partition coefficient (Wildman–Crippen LogP) is 3.14. The molecule has 5 nitrogen and oxygen atoms in total. The normalized spacial score (nSPS) is 12.6. The van der Waals surface area contributed by atoms with Gasteiger partial charge in [0.05, 0.1) is 0 Å². The third kappa shape index (κ3) is 5.14. The molecule has 22 heavy (non-hydrogen) atoms. The fourth-order valence-corrected chi connectivity index (χ4v) is 1.78. The molecular formula is C14H16ClF2NO4. The zero-order valence-electron chi connectivity index (χ0n) is 12.2. The first-order valence-corrected chi connectivity index (χ1v) is 6.73. The van der Waals surface area contributed by atoms with Gasteiger partial charge in [-0.15, -0.1) is 0 Å². The summed E-state index contributed by atoms with van der Waals surface area (Å²) in [7, 11) is 0. The van der Waals surface area contributed by atoms with Gasteiger partial charge in [0, 0.05) is 6.42 Å². The van der Waals surface area contributed by atoms with Gasteiger partial charge in [0.15, 0.2) is 0 Å². The summed E-state index contributed by atoms with van der Waals surface area (Å²) >= 11 is 5.43. The molecule has 1 aromatic carbocycles. The van der Waals surface area contributed by atoms with E-state index in [1.165, 1.54) is 0 Å². The standard InChI is InChI=1S/C14H16ClF2NO4/c1-14(2,3)22-13(21)18-9(12(19)20)6-7-4-5-8(16)10(15)11(7)17/h4-5,9H,6H2,1-3H3,(H,18,21)(H,19,20)/t9-/m0/s1. The highest BCUT2D eigenvalue weighted by atomic mass is 35.5. The summed E-state index contributed by atoms with van der Waals surface area (Å²) in [6, 6.07) is 0.557.